The largest absolute Gasteiger partial charge is 0.323 e. The molecule has 0 atom stereocenters. The molecule has 0 radical (unpaired) electrons. The molecule has 100 valence electrons. The van der Waals surface area contributed by atoms with Crippen LogP contribution in [0.1, 0.15) is 5.56 Å². The van der Waals surface area contributed by atoms with Crippen molar-refractivity contribution in [2.24, 2.45) is 5.84 Å². The number of pyridine rings is 2. The molecule has 8 heteroatoms. The fourth-order valence-corrected chi connectivity index (χ4v) is 2.61. The van der Waals surface area contributed by atoms with E-state index in [0.29, 0.717) is 0 Å². The molecule has 0 aromatic carbocycles. The molecule has 19 heavy (non-hydrogen) atoms. The average molecular weight is 279 g/mol. The van der Waals surface area contributed by atoms with E-state index in [1.54, 1.807) is 12.1 Å². The van der Waals surface area contributed by atoms with Gasteiger partial charge in [0.25, 0.3) is 10.0 Å². The van der Waals surface area contributed by atoms with Gasteiger partial charge in [-0.25, -0.2) is 13.4 Å². The monoisotopic (exact) mass is 279 g/mol. The van der Waals surface area contributed by atoms with Gasteiger partial charge >= 0.3 is 0 Å². The number of nitrogens with two attached hydrogens (primary N) is 1. The molecule has 0 amide bonds. The first-order valence-corrected chi connectivity index (χ1v) is 6.87. The van der Waals surface area contributed by atoms with Gasteiger partial charge in [0.15, 0.2) is 0 Å². The Bertz CT molecular complexity index is 687. The Morgan fingerprint density at radius 3 is 2.74 bits per heavy atom. The molecule has 0 aliphatic heterocycles. The van der Waals surface area contributed by atoms with Crippen molar-refractivity contribution in [1.29, 1.82) is 0 Å². The minimum Gasteiger partial charge on any atom is -0.323 e. The van der Waals surface area contributed by atoms with Gasteiger partial charge in [-0.1, -0.05) is 0 Å². The van der Waals surface area contributed by atoms with Crippen molar-refractivity contribution < 1.29 is 8.42 Å². The van der Waals surface area contributed by atoms with Crippen LogP contribution < -0.4 is 16.0 Å². The Kier molecular flexibility index (Phi) is 3.63. The molecule has 0 unspecified atom stereocenters. The second-order valence-electron chi connectivity index (χ2n) is 3.84. The van der Waals surface area contributed by atoms with E-state index in [4.69, 9.17) is 5.84 Å². The Balaban J connectivity index is 2.38. The Morgan fingerprint density at radius 1 is 1.26 bits per heavy atom. The first-order chi connectivity index (χ1) is 9.03. The minimum absolute atomic E-state index is 0.0409. The third-order valence-corrected chi connectivity index (χ3v) is 3.77. The zero-order valence-corrected chi connectivity index (χ0v) is 11.0. The summed E-state index contributed by atoms with van der Waals surface area (Å²) in [6.07, 6.45) is 4.19. The van der Waals surface area contributed by atoms with Crippen molar-refractivity contribution in [3.63, 3.8) is 0 Å². The highest BCUT2D eigenvalue weighted by atomic mass is 32.2. The molecule has 2 rings (SSSR count). The standard InChI is InChI=1S/C11H13N5O2S/c1-8-2-5-14-11(6-8)16-19(17,18)10-7-13-4-3-9(10)15-12/h2-7H,12H2,1H3,(H,13,15)(H,14,16). The van der Waals surface area contributed by atoms with E-state index in [1.165, 1.54) is 24.7 Å². The highest BCUT2D eigenvalue weighted by Crippen LogP contribution is 2.21. The van der Waals surface area contributed by atoms with Gasteiger partial charge in [0, 0.05) is 18.6 Å². The molecule has 7 nitrogen and oxygen atoms in total. The number of hydrazine groups is 1. The van der Waals surface area contributed by atoms with Crippen molar-refractivity contribution in [3.8, 4) is 0 Å². The van der Waals surface area contributed by atoms with Gasteiger partial charge in [0.1, 0.15) is 10.7 Å². The van der Waals surface area contributed by atoms with Crippen LogP contribution in [0.4, 0.5) is 11.5 Å². The third kappa shape index (κ3) is 2.98. The highest BCUT2D eigenvalue weighted by Gasteiger charge is 2.19. The Hall–Kier alpha value is -2.19. The lowest BCUT2D eigenvalue weighted by Gasteiger charge is -2.10. The van der Waals surface area contributed by atoms with Gasteiger partial charge in [-0.05, 0) is 30.7 Å². The van der Waals surface area contributed by atoms with Crippen molar-refractivity contribution in [2.75, 3.05) is 10.1 Å². The maximum atomic E-state index is 12.2. The van der Waals surface area contributed by atoms with Crippen LogP contribution in [0.3, 0.4) is 0 Å². The fraction of sp³-hybridized carbons (Fsp3) is 0.0909. The van der Waals surface area contributed by atoms with Crippen molar-refractivity contribution in [2.45, 2.75) is 11.8 Å². The van der Waals surface area contributed by atoms with Crippen LogP contribution in [0.15, 0.2) is 41.7 Å². The molecule has 0 aliphatic rings. The van der Waals surface area contributed by atoms with Crippen LogP contribution in [0.2, 0.25) is 0 Å². The topological polar surface area (TPSA) is 110 Å². The summed E-state index contributed by atoms with van der Waals surface area (Å²) < 4.78 is 26.8. The zero-order chi connectivity index (χ0) is 13.9. The maximum Gasteiger partial charge on any atom is 0.266 e. The van der Waals surface area contributed by atoms with Crippen molar-refractivity contribution in [1.82, 2.24) is 9.97 Å². The van der Waals surface area contributed by atoms with E-state index < -0.39 is 10.0 Å². The lowest BCUT2D eigenvalue weighted by Crippen LogP contribution is -2.18. The molecule has 2 aromatic heterocycles. The number of aryl methyl sites for hydroxylation is 1. The molecular formula is C11H13N5O2S. The molecule has 2 heterocycles. The van der Waals surface area contributed by atoms with E-state index in [-0.39, 0.29) is 16.4 Å². The number of nitrogen functional groups attached to an aromatic ring is 1. The first-order valence-electron chi connectivity index (χ1n) is 5.39. The van der Waals surface area contributed by atoms with Crippen LogP contribution in [-0.4, -0.2) is 18.4 Å². The molecule has 2 aromatic rings. The molecule has 0 bridgehead atoms. The zero-order valence-electron chi connectivity index (χ0n) is 10.2. The fourth-order valence-electron chi connectivity index (χ4n) is 1.50. The third-order valence-electron chi connectivity index (χ3n) is 2.38. The second-order valence-corrected chi connectivity index (χ2v) is 5.49. The van der Waals surface area contributed by atoms with Gasteiger partial charge in [0.05, 0.1) is 5.69 Å². The molecule has 0 fully saturated rings. The highest BCUT2D eigenvalue weighted by molar-refractivity contribution is 7.92. The number of aromatic nitrogens is 2. The van der Waals surface area contributed by atoms with Gasteiger partial charge in [0.2, 0.25) is 0 Å². The maximum absolute atomic E-state index is 12.2. The van der Waals surface area contributed by atoms with E-state index in [9.17, 15) is 8.42 Å². The number of nitrogens with one attached hydrogen (secondary N) is 2. The van der Waals surface area contributed by atoms with E-state index in [0.717, 1.165) is 5.56 Å². The van der Waals surface area contributed by atoms with Gasteiger partial charge in [-0.15, -0.1) is 0 Å². The number of hydrogen-bond donors (Lipinski definition) is 3. The normalized spacial score (nSPS) is 11.1. The van der Waals surface area contributed by atoms with E-state index in [1.807, 2.05) is 6.92 Å². The predicted molar refractivity (Wildman–Crippen MR) is 71.8 cm³/mol. The van der Waals surface area contributed by atoms with Gasteiger partial charge < -0.3 is 5.43 Å². The average Bonchev–Trinajstić information content (AvgIpc) is 2.38. The summed E-state index contributed by atoms with van der Waals surface area (Å²) in [5, 5.41) is 0. The number of nitrogens with zero attached hydrogens (tertiary/aromatic N) is 2. The SMILES string of the molecule is Cc1ccnc(NS(=O)(=O)c2cnccc2NN)c1. The van der Waals surface area contributed by atoms with Crippen molar-refractivity contribution >= 4 is 21.5 Å². The van der Waals surface area contributed by atoms with Crippen LogP contribution >= 0.6 is 0 Å². The smallest absolute Gasteiger partial charge is 0.266 e. The first kappa shape index (κ1) is 13.2. The van der Waals surface area contributed by atoms with Crippen LogP contribution in [-0.2, 0) is 10.0 Å². The summed E-state index contributed by atoms with van der Waals surface area (Å²) in [7, 11) is -3.79. The van der Waals surface area contributed by atoms with Crippen LogP contribution in [0.5, 0.6) is 0 Å². The summed E-state index contributed by atoms with van der Waals surface area (Å²) in [6.45, 7) is 1.84. The van der Waals surface area contributed by atoms with Crippen LogP contribution in [0, 0.1) is 6.92 Å². The van der Waals surface area contributed by atoms with Gasteiger partial charge in [-0.3, -0.25) is 15.5 Å². The summed E-state index contributed by atoms with van der Waals surface area (Å²) in [5.41, 5.74) is 3.48. The molecule has 0 saturated heterocycles. The molecule has 0 aliphatic carbocycles. The Labute approximate surface area is 110 Å². The minimum atomic E-state index is -3.79. The van der Waals surface area contributed by atoms with E-state index in [2.05, 4.69) is 20.1 Å². The Morgan fingerprint density at radius 2 is 2.05 bits per heavy atom. The lowest BCUT2D eigenvalue weighted by atomic mass is 10.3. The number of anilines is 2. The molecule has 0 saturated carbocycles. The van der Waals surface area contributed by atoms with Crippen LogP contribution in [0.25, 0.3) is 0 Å². The number of sulfonamides is 1. The number of rotatable bonds is 4. The molecule has 0 spiro atoms. The van der Waals surface area contributed by atoms with Crippen molar-refractivity contribution in [3.05, 3.63) is 42.4 Å². The lowest BCUT2D eigenvalue weighted by molar-refractivity contribution is 0.601. The van der Waals surface area contributed by atoms with E-state index >= 15 is 0 Å². The van der Waals surface area contributed by atoms with Gasteiger partial charge in [-0.2, -0.15) is 0 Å². The predicted octanol–water partition coefficient (Wildman–Crippen LogP) is 0.871. The summed E-state index contributed by atoms with van der Waals surface area (Å²) >= 11 is 0. The summed E-state index contributed by atoms with van der Waals surface area (Å²) in [5.74, 6) is 5.52. The second kappa shape index (κ2) is 5.21. The molecular weight excluding hydrogens is 266 g/mol. The molecule has 4 N–H and O–H groups in total. The summed E-state index contributed by atoms with van der Waals surface area (Å²) in [4.78, 5) is 7.69. The number of hydrogen-bond acceptors (Lipinski definition) is 6. The quantitative estimate of drug-likeness (QED) is 0.566. The summed E-state index contributed by atoms with van der Waals surface area (Å²) in [6, 6.07) is 4.87.